The number of hydrogen-bond acceptors (Lipinski definition) is 2. The van der Waals surface area contributed by atoms with E-state index in [0.717, 1.165) is 0 Å². The minimum Gasteiger partial charge on any atom is -0.387 e. The summed E-state index contributed by atoms with van der Waals surface area (Å²) in [7, 11) is 0. The topological polar surface area (TPSA) is 32.3 Å². The second-order valence-corrected chi connectivity index (χ2v) is 6.74. The fourth-order valence-electron chi connectivity index (χ4n) is 1.75. The van der Waals surface area contributed by atoms with Gasteiger partial charge in [0.1, 0.15) is 0 Å². The summed E-state index contributed by atoms with van der Waals surface area (Å²) in [4.78, 5) is 0. The van der Waals surface area contributed by atoms with Crippen LogP contribution in [0.1, 0.15) is 11.7 Å². The first kappa shape index (κ1) is 17.2. The molecule has 2 rings (SSSR count). The number of nitrogens with one attached hydrogen (secondary N) is 1. The van der Waals surface area contributed by atoms with Crippen LogP contribution in [0.15, 0.2) is 34.8 Å². The fourth-order valence-corrected chi connectivity index (χ4v) is 3.01. The summed E-state index contributed by atoms with van der Waals surface area (Å²) >= 11 is 27.4. The molecule has 0 amide bonds. The highest BCUT2D eigenvalue weighted by Gasteiger charge is 2.14. The second kappa shape index (κ2) is 7.40. The minimum atomic E-state index is -0.824. The standard InChI is InChI=1S/C14H10BrCl4NO/c15-9-2-4-11(14(19)13(9)18)20-6-12(21)8-5-7(16)1-3-10(8)17/h1-5,12,20-21H,6H2. The van der Waals surface area contributed by atoms with Gasteiger partial charge in [0.2, 0.25) is 0 Å². The third kappa shape index (κ3) is 4.19. The van der Waals surface area contributed by atoms with E-state index in [9.17, 15) is 5.11 Å². The van der Waals surface area contributed by atoms with Gasteiger partial charge in [0.25, 0.3) is 0 Å². The quantitative estimate of drug-likeness (QED) is 0.566. The largest absolute Gasteiger partial charge is 0.387 e. The molecule has 0 bridgehead atoms. The summed E-state index contributed by atoms with van der Waals surface area (Å²) in [5.41, 5.74) is 1.18. The monoisotopic (exact) mass is 427 g/mol. The maximum atomic E-state index is 10.2. The van der Waals surface area contributed by atoms with Crippen molar-refractivity contribution >= 4 is 68.0 Å². The van der Waals surface area contributed by atoms with E-state index in [0.29, 0.717) is 35.8 Å². The highest BCUT2D eigenvalue weighted by molar-refractivity contribution is 9.10. The van der Waals surface area contributed by atoms with Crippen LogP contribution in [0.4, 0.5) is 5.69 Å². The number of aliphatic hydroxyl groups excluding tert-OH is 1. The van der Waals surface area contributed by atoms with Crippen molar-refractivity contribution < 1.29 is 5.11 Å². The average Bonchev–Trinajstić information content (AvgIpc) is 2.46. The van der Waals surface area contributed by atoms with Crippen LogP contribution in [-0.2, 0) is 0 Å². The molecule has 2 aromatic rings. The molecule has 0 aliphatic rings. The molecule has 2 N–H and O–H groups in total. The van der Waals surface area contributed by atoms with Crippen LogP contribution < -0.4 is 5.32 Å². The molecule has 0 saturated heterocycles. The number of benzene rings is 2. The van der Waals surface area contributed by atoms with Gasteiger partial charge in [0.05, 0.1) is 21.8 Å². The van der Waals surface area contributed by atoms with Crippen molar-refractivity contribution in [1.82, 2.24) is 0 Å². The van der Waals surface area contributed by atoms with Crippen LogP contribution in [0.3, 0.4) is 0 Å². The third-order valence-corrected chi connectivity index (χ3v) is 5.19. The van der Waals surface area contributed by atoms with Gasteiger partial charge in [-0.15, -0.1) is 0 Å². The number of aliphatic hydroxyl groups is 1. The molecular weight excluding hydrogens is 420 g/mol. The molecular formula is C14H10BrCl4NO. The lowest BCUT2D eigenvalue weighted by Crippen LogP contribution is -2.13. The van der Waals surface area contributed by atoms with Crippen LogP contribution in [0.2, 0.25) is 20.1 Å². The van der Waals surface area contributed by atoms with Crippen LogP contribution in [0.25, 0.3) is 0 Å². The molecule has 2 aromatic carbocycles. The molecule has 112 valence electrons. The molecule has 0 radical (unpaired) electrons. The Hall–Kier alpha value is -0.160. The smallest absolute Gasteiger partial charge is 0.0977 e. The summed E-state index contributed by atoms with van der Waals surface area (Å²) in [5, 5.41) is 15.0. The maximum Gasteiger partial charge on any atom is 0.0977 e. The first-order valence-electron chi connectivity index (χ1n) is 5.90. The molecule has 0 aliphatic heterocycles. The zero-order valence-electron chi connectivity index (χ0n) is 10.5. The van der Waals surface area contributed by atoms with E-state index < -0.39 is 6.10 Å². The van der Waals surface area contributed by atoms with Crippen molar-refractivity contribution in [3.63, 3.8) is 0 Å². The van der Waals surface area contributed by atoms with Gasteiger partial charge in [-0.3, -0.25) is 0 Å². The number of anilines is 1. The van der Waals surface area contributed by atoms with E-state index in [1.807, 2.05) is 0 Å². The van der Waals surface area contributed by atoms with Gasteiger partial charge in [-0.25, -0.2) is 0 Å². The summed E-state index contributed by atoms with van der Waals surface area (Å²) < 4.78 is 0.707. The van der Waals surface area contributed by atoms with Crippen molar-refractivity contribution in [1.29, 1.82) is 0 Å². The fraction of sp³-hybridized carbons (Fsp3) is 0.143. The predicted molar refractivity (Wildman–Crippen MR) is 94.1 cm³/mol. The van der Waals surface area contributed by atoms with Crippen molar-refractivity contribution in [2.24, 2.45) is 0 Å². The molecule has 0 aromatic heterocycles. The highest BCUT2D eigenvalue weighted by Crippen LogP contribution is 2.36. The van der Waals surface area contributed by atoms with Crippen molar-refractivity contribution in [2.45, 2.75) is 6.10 Å². The summed E-state index contributed by atoms with van der Waals surface area (Å²) in [5.74, 6) is 0. The first-order chi connectivity index (χ1) is 9.90. The average molecular weight is 430 g/mol. The molecule has 21 heavy (non-hydrogen) atoms. The second-order valence-electron chi connectivity index (χ2n) is 4.29. The Labute approximate surface area is 151 Å². The zero-order chi connectivity index (χ0) is 15.6. The van der Waals surface area contributed by atoms with E-state index in [2.05, 4.69) is 21.2 Å². The highest BCUT2D eigenvalue weighted by atomic mass is 79.9. The molecule has 0 heterocycles. The summed E-state index contributed by atoms with van der Waals surface area (Å²) in [6.07, 6.45) is -0.824. The van der Waals surface area contributed by atoms with Crippen molar-refractivity contribution in [3.05, 3.63) is 60.5 Å². The van der Waals surface area contributed by atoms with Crippen LogP contribution in [0.5, 0.6) is 0 Å². The van der Waals surface area contributed by atoms with Crippen LogP contribution in [-0.4, -0.2) is 11.7 Å². The van der Waals surface area contributed by atoms with Gasteiger partial charge in [0, 0.05) is 26.6 Å². The minimum absolute atomic E-state index is 0.220. The molecule has 1 atom stereocenters. The van der Waals surface area contributed by atoms with Crippen molar-refractivity contribution in [3.8, 4) is 0 Å². The van der Waals surface area contributed by atoms with Gasteiger partial charge >= 0.3 is 0 Å². The normalized spacial score (nSPS) is 12.3. The van der Waals surface area contributed by atoms with E-state index in [1.165, 1.54) is 0 Å². The Morgan fingerprint density at radius 1 is 1.05 bits per heavy atom. The predicted octanol–water partition coefficient (Wildman–Crippen LogP) is 6.21. The van der Waals surface area contributed by atoms with E-state index in [-0.39, 0.29) is 6.54 Å². The van der Waals surface area contributed by atoms with E-state index in [1.54, 1.807) is 30.3 Å². The third-order valence-electron chi connectivity index (χ3n) is 2.84. The molecule has 0 saturated carbocycles. The Morgan fingerprint density at radius 3 is 2.48 bits per heavy atom. The van der Waals surface area contributed by atoms with Gasteiger partial charge in [-0.2, -0.15) is 0 Å². The lowest BCUT2D eigenvalue weighted by Gasteiger charge is -2.16. The Bertz CT molecular complexity index is 666. The molecule has 0 aliphatic carbocycles. The number of halogens is 5. The Morgan fingerprint density at radius 2 is 1.76 bits per heavy atom. The van der Waals surface area contributed by atoms with Gasteiger partial charge < -0.3 is 10.4 Å². The molecule has 7 heteroatoms. The van der Waals surface area contributed by atoms with Crippen LogP contribution in [0, 0.1) is 0 Å². The summed E-state index contributed by atoms with van der Waals surface area (Å²) in [6, 6.07) is 8.48. The summed E-state index contributed by atoms with van der Waals surface area (Å²) in [6.45, 7) is 0.220. The molecule has 1 unspecified atom stereocenters. The molecule has 2 nitrogen and oxygen atoms in total. The lowest BCUT2D eigenvalue weighted by molar-refractivity contribution is 0.192. The number of hydrogen-bond donors (Lipinski definition) is 2. The SMILES string of the molecule is OC(CNc1ccc(Br)c(Cl)c1Cl)c1cc(Cl)ccc1Cl. The van der Waals surface area contributed by atoms with E-state index >= 15 is 0 Å². The lowest BCUT2D eigenvalue weighted by atomic mass is 10.1. The number of rotatable bonds is 4. The van der Waals surface area contributed by atoms with Crippen LogP contribution >= 0.6 is 62.3 Å². The van der Waals surface area contributed by atoms with Crippen molar-refractivity contribution in [2.75, 3.05) is 11.9 Å². The molecule has 0 spiro atoms. The van der Waals surface area contributed by atoms with Gasteiger partial charge in [-0.1, -0.05) is 46.4 Å². The van der Waals surface area contributed by atoms with Gasteiger partial charge in [0.15, 0.2) is 0 Å². The van der Waals surface area contributed by atoms with Gasteiger partial charge in [-0.05, 0) is 46.3 Å². The van der Waals surface area contributed by atoms with E-state index in [4.69, 9.17) is 46.4 Å². The zero-order valence-corrected chi connectivity index (χ0v) is 15.1. The maximum absolute atomic E-state index is 10.2. The first-order valence-corrected chi connectivity index (χ1v) is 8.21. The Balaban J connectivity index is 2.13. The Kier molecular flexibility index (Phi) is 6.06. The molecule has 0 fully saturated rings.